The summed E-state index contributed by atoms with van der Waals surface area (Å²) < 4.78 is 0. The molecule has 0 unspecified atom stereocenters. The Morgan fingerprint density at radius 2 is 1.93 bits per heavy atom. The number of nitrogens with zero attached hydrogens (tertiary/aromatic N) is 3. The van der Waals surface area contributed by atoms with E-state index in [4.69, 9.17) is 11.6 Å². The fourth-order valence-electron chi connectivity index (χ4n) is 2.26. The average Bonchev–Trinajstić information content (AvgIpc) is 2.68. The zero-order valence-corrected chi connectivity index (χ0v) is 18.6. The van der Waals surface area contributed by atoms with E-state index in [0.29, 0.717) is 24.1 Å². The Balaban J connectivity index is 0.00000364. The van der Waals surface area contributed by atoms with Crippen molar-refractivity contribution in [2.45, 2.75) is 13.0 Å². The predicted molar refractivity (Wildman–Crippen MR) is 121 cm³/mol. The van der Waals surface area contributed by atoms with Crippen LogP contribution >= 0.6 is 35.6 Å². The van der Waals surface area contributed by atoms with Gasteiger partial charge in [-0.3, -0.25) is 14.8 Å². The van der Waals surface area contributed by atoms with Gasteiger partial charge in [0, 0.05) is 50.5 Å². The van der Waals surface area contributed by atoms with Crippen LogP contribution in [-0.2, 0) is 17.8 Å². The second-order valence-electron chi connectivity index (χ2n) is 5.79. The molecule has 146 valence electrons. The van der Waals surface area contributed by atoms with Crippen molar-refractivity contribution in [3.8, 4) is 0 Å². The minimum absolute atomic E-state index is 0. The summed E-state index contributed by atoms with van der Waals surface area (Å²) in [4.78, 5) is 22.3. The van der Waals surface area contributed by atoms with Crippen LogP contribution in [0.15, 0.2) is 53.7 Å². The second kappa shape index (κ2) is 12.5. The van der Waals surface area contributed by atoms with Crippen LogP contribution in [0.5, 0.6) is 0 Å². The molecule has 2 aromatic rings. The Hall–Kier alpha value is -1.87. The first-order chi connectivity index (χ1) is 12.6. The van der Waals surface area contributed by atoms with Gasteiger partial charge in [0.2, 0.25) is 5.91 Å². The van der Waals surface area contributed by atoms with Crippen molar-refractivity contribution in [1.29, 1.82) is 0 Å². The molecule has 1 amide bonds. The van der Waals surface area contributed by atoms with Gasteiger partial charge in [-0.15, -0.1) is 24.0 Å². The van der Waals surface area contributed by atoms with Crippen molar-refractivity contribution >= 4 is 47.4 Å². The van der Waals surface area contributed by atoms with Crippen LogP contribution in [0, 0.1) is 0 Å². The SMILES string of the molecule is CN=C(NCC(=O)N(C)CCc1ccccn1)NCc1ccc(Cl)cc1.I. The Bertz CT molecular complexity index is 725. The summed E-state index contributed by atoms with van der Waals surface area (Å²) in [5.74, 6) is 0.571. The minimum Gasteiger partial charge on any atom is -0.352 e. The lowest BCUT2D eigenvalue weighted by Gasteiger charge is -2.18. The Morgan fingerprint density at radius 1 is 1.19 bits per heavy atom. The second-order valence-corrected chi connectivity index (χ2v) is 6.23. The number of nitrogens with one attached hydrogen (secondary N) is 2. The summed E-state index contributed by atoms with van der Waals surface area (Å²) >= 11 is 5.88. The molecule has 6 nitrogen and oxygen atoms in total. The fraction of sp³-hybridized carbons (Fsp3) is 0.316. The van der Waals surface area contributed by atoms with Gasteiger partial charge < -0.3 is 15.5 Å². The molecule has 1 aromatic heterocycles. The third-order valence-electron chi connectivity index (χ3n) is 3.86. The number of hydrogen-bond acceptors (Lipinski definition) is 3. The van der Waals surface area contributed by atoms with Gasteiger partial charge in [0.15, 0.2) is 5.96 Å². The molecular formula is C19H25ClIN5O. The zero-order valence-electron chi connectivity index (χ0n) is 15.5. The molecule has 27 heavy (non-hydrogen) atoms. The van der Waals surface area contributed by atoms with Crippen molar-refractivity contribution < 1.29 is 4.79 Å². The van der Waals surface area contributed by atoms with Gasteiger partial charge in [-0.05, 0) is 29.8 Å². The molecule has 0 bridgehead atoms. The topological polar surface area (TPSA) is 69.6 Å². The molecule has 0 radical (unpaired) electrons. The molecule has 0 aliphatic carbocycles. The summed E-state index contributed by atoms with van der Waals surface area (Å²) in [5.41, 5.74) is 2.05. The van der Waals surface area contributed by atoms with Gasteiger partial charge in [-0.25, -0.2) is 0 Å². The number of hydrogen-bond donors (Lipinski definition) is 2. The molecule has 2 N–H and O–H groups in total. The zero-order chi connectivity index (χ0) is 18.8. The first-order valence-electron chi connectivity index (χ1n) is 8.41. The van der Waals surface area contributed by atoms with Crippen molar-refractivity contribution in [2.24, 2.45) is 4.99 Å². The molecule has 1 aromatic carbocycles. The highest BCUT2D eigenvalue weighted by atomic mass is 127. The molecular weight excluding hydrogens is 477 g/mol. The van der Waals surface area contributed by atoms with Gasteiger partial charge >= 0.3 is 0 Å². The number of guanidine groups is 1. The van der Waals surface area contributed by atoms with Crippen LogP contribution in [0.25, 0.3) is 0 Å². The molecule has 0 aliphatic heterocycles. The lowest BCUT2D eigenvalue weighted by molar-refractivity contribution is -0.128. The van der Waals surface area contributed by atoms with Crippen LogP contribution in [0.1, 0.15) is 11.3 Å². The lowest BCUT2D eigenvalue weighted by atomic mass is 10.2. The maximum absolute atomic E-state index is 12.2. The quantitative estimate of drug-likeness (QED) is 0.348. The number of halogens is 2. The number of carbonyl (C=O) groups excluding carboxylic acids is 1. The van der Waals surface area contributed by atoms with E-state index in [9.17, 15) is 4.79 Å². The van der Waals surface area contributed by atoms with E-state index in [0.717, 1.165) is 17.7 Å². The van der Waals surface area contributed by atoms with Gasteiger partial charge in [0.05, 0.1) is 6.54 Å². The van der Waals surface area contributed by atoms with Crippen molar-refractivity contribution in [2.75, 3.05) is 27.2 Å². The smallest absolute Gasteiger partial charge is 0.241 e. The molecule has 0 spiro atoms. The van der Waals surface area contributed by atoms with Crippen LogP contribution < -0.4 is 10.6 Å². The molecule has 0 saturated carbocycles. The maximum atomic E-state index is 12.2. The summed E-state index contributed by atoms with van der Waals surface area (Å²) in [7, 11) is 3.46. The monoisotopic (exact) mass is 501 g/mol. The highest BCUT2D eigenvalue weighted by molar-refractivity contribution is 14.0. The van der Waals surface area contributed by atoms with Crippen molar-refractivity contribution in [3.63, 3.8) is 0 Å². The number of likely N-dealkylation sites (N-methyl/N-ethyl adjacent to an activating group) is 1. The molecule has 8 heteroatoms. The third-order valence-corrected chi connectivity index (χ3v) is 4.11. The van der Waals surface area contributed by atoms with Crippen LogP contribution in [0.3, 0.4) is 0 Å². The van der Waals surface area contributed by atoms with Crippen LogP contribution in [-0.4, -0.2) is 48.9 Å². The summed E-state index contributed by atoms with van der Waals surface area (Å²) in [6.07, 6.45) is 2.49. The van der Waals surface area contributed by atoms with Crippen molar-refractivity contribution in [3.05, 3.63) is 64.9 Å². The number of aliphatic imine (C=N–C) groups is 1. The first-order valence-corrected chi connectivity index (χ1v) is 8.79. The molecule has 1 heterocycles. The number of benzene rings is 1. The molecule has 0 atom stereocenters. The Morgan fingerprint density at radius 3 is 2.56 bits per heavy atom. The number of rotatable bonds is 7. The van der Waals surface area contributed by atoms with Crippen LogP contribution in [0.2, 0.25) is 5.02 Å². The fourth-order valence-corrected chi connectivity index (χ4v) is 2.38. The van der Waals surface area contributed by atoms with E-state index in [1.165, 1.54) is 0 Å². The van der Waals surface area contributed by atoms with Gasteiger partial charge in [0.1, 0.15) is 0 Å². The number of carbonyl (C=O) groups is 1. The summed E-state index contributed by atoms with van der Waals surface area (Å²) in [6, 6.07) is 13.4. The summed E-state index contributed by atoms with van der Waals surface area (Å²) in [6.45, 7) is 1.40. The van der Waals surface area contributed by atoms with Crippen LogP contribution in [0.4, 0.5) is 0 Å². The van der Waals surface area contributed by atoms with E-state index in [-0.39, 0.29) is 36.4 Å². The van der Waals surface area contributed by atoms with Crippen molar-refractivity contribution in [1.82, 2.24) is 20.5 Å². The van der Waals surface area contributed by atoms with E-state index < -0.39 is 0 Å². The third kappa shape index (κ3) is 8.57. The van der Waals surface area contributed by atoms with Gasteiger partial charge in [-0.2, -0.15) is 0 Å². The number of amides is 1. The highest BCUT2D eigenvalue weighted by Crippen LogP contribution is 2.09. The van der Waals surface area contributed by atoms with E-state index in [1.807, 2.05) is 42.5 Å². The first kappa shape index (κ1) is 23.2. The maximum Gasteiger partial charge on any atom is 0.241 e. The molecule has 0 fully saturated rings. The number of pyridine rings is 1. The summed E-state index contributed by atoms with van der Waals surface area (Å²) in [5, 5.41) is 6.91. The Labute approximate surface area is 182 Å². The van der Waals surface area contributed by atoms with E-state index >= 15 is 0 Å². The predicted octanol–water partition coefficient (Wildman–Crippen LogP) is 2.72. The minimum atomic E-state index is -0.00428. The van der Waals surface area contributed by atoms with E-state index in [2.05, 4.69) is 20.6 Å². The number of aromatic nitrogens is 1. The van der Waals surface area contributed by atoms with E-state index in [1.54, 1.807) is 25.2 Å². The largest absolute Gasteiger partial charge is 0.352 e. The van der Waals surface area contributed by atoms with Gasteiger partial charge in [-0.1, -0.05) is 29.8 Å². The molecule has 0 aliphatic rings. The standard InChI is InChI=1S/C19H24ClN5O.HI/c1-21-19(23-13-15-6-8-16(20)9-7-15)24-14-18(26)25(2)12-10-17-5-3-4-11-22-17;/h3-9,11H,10,12-14H2,1-2H3,(H2,21,23,24);1H. The highest BCUT2D eigenvalue weighted by Gasteiger charge is 2.10. The normalized spacial score (nSPS) is 10.7. The molecule has 0 saturated heterocycles. The average molecular weight is 502 g/mol. The Kier molecular flexibility index (Phi) is 10.7. The lowest BCUT2D eigenvalue weighted by Crippen LogP contribution is -2.43. The molecule has 2 rings (SSSR count). The van der Waals surface area contributed by atoms with Gasteiger partial charge in [0.25, 0.3) is 0 Å².